The Morgan fingerprint density at radius 1 is 1.55 bits per heavy atom. The van der Waals surface area contributed by atoms with Crippen molar-refractivity contribution in [3.05, 3.63) is 0 Å². The van der Waals surface area contributed by atoms with E-state index in [4.69, 9.17) is 0 Å². The molecule has 0 aromatic heterocycles. The highest BCUT2D eigenvalue weighted by molar-refractivity contribution is 5.59. The monoisotopic (exact) mass is 154 g/mol. The van der Waals surface area contributed by atoms with E-state index < -0.39 is 0 Å². The second kappa shape index (κ2) is 2.96. The number of rotatable bonds is 2. The molecule has 0 aromatic rings. The summed E-state index contributed by atoms with van der Waals surface area (Å²) < 4.78 is 0. The van der Waals surface area contributed by atoms with Crippen molar-refractivity contribution in [1.82, 2.24) is 0 Å². The van der Waals surface area contributed by atoms with Gasteiger partial charge < -0.3 is 4.79 Å². The van der Waals surface area contributed by atoms with Crippen molar-refractivity contribution in [2.24, 2.45) is 17.3 Å². The highest BCUT2D eigenvalue weighted by Crippen LogP contribution is 2.42. The van der Waals surface area contributed by atoms with Gasteiger partial charge in [-0.1, -0.05) is 20.8 Å². The molecule has 0 radical (unpaired) electrons. The molecule has 0 aliphatic heterocycles. The first-order chi connectivity index (χ1) is 5.07. The zero-order valence-corrected chi connectivity index (χ0v) is 7.76. The summed E-state index contributed by atoms with van der Waals surface area (Å²) in [7, 11) is 0. The van der Waals surface area contributed by atoms with E-state index in [2.05, 4.69) is 20.8 Å². The quantitative estimate of drug-likeness (QED) is 0.559. The van der Waals surface area contributed by atoms with E-state index in [9.17, 15) is 4.79 Å². The van der Waals surface area contributed by atoms with Gasteiger partial charge in [0.25, 0.3) is 0 Å². The predicted octanol–water partition coefficient (Wildman–Crippen LogP) is 2.65. The van der Waals surface area contributed by atoms with Crippen LogP contribution in [0.2, 0.25) is 0 Å². The standard InChI is InChI=1S/C10H18O/c1-8(2)9-4-5-10(3,6-9)7-11/h7-9H,4-6H2,1-3H3/t9-,10-/m0/s1. The van der Waals surface area contributed by atoms with Crippen molar-refractivity contribution in [1.29, 1.82) is 0 Å². The van der Waals surface area contributed by atoms with Crippen LogP contribution in [0.1, 0.15) is 40.0 Å². The lowest BCUT2D eigenvalue weighted by Gasteiger charge is -2.17. The molecule has 64 valence electrons. The van der Waals surface area contributed by atoms with E-state index in [-0.39, 0.29) is 5.41 Å². The molecule has 0 bridgehead atoms. The summed E-state index contributed by atoms with van der Waals surface area (Å²) in [4.78, 5) is 10.7. The van der Waals surface area contributed by atoms with E-state index in [0.717, 1.165) is 31.0 Å². The molecular weight excluding hydrogens is 136 g/mol. The van der Waals surface area contributed by atoms with Crippen LogP contribution < -0.4 is 0 Å². The SMILES string of the molecule is CC(C)[C@H]1CC[C@](C)(C=O)C1. The van der Waals surface area contributed by atoms with Crippen LogP contribution in [0.3, 0.4) is 0 Å². The van der Waals surface area contributed by atoms with E-state index in [1.807, 2.05) is 0 Å². The molecule has 1 aliphatic carbocycles. The van der Waals surface area contributed by atoms with Crippen LogP contribution in [0.5, 0.6) is 0 Å². The summed E-state index contributed by atoms with van der Waals surface area (Å²) in [5, 5.41) is 0. The van der Waals surface area contributed by atoms with Crippen LogP contribution >= 0.6 is 0 Å². The summed E-state index contributed by atoms with van der Waals surface area (Å²) in [5.74, 6) is 1.53. The Balaban J connectivity index is 2.52. The fourth-order valence-electron chi connectivity index (χ4n) is 1.99. The molecule has 1 saturated carbocycles. The smallest absolute Gasteiger partial charge is 0.125 e. The maximum atomic E-state index is 10.7. The fourth-order valence-corrected chi connectivity index (χ4v) is 1.99. The summed E-state index contributed by atoms with van der Waals surface area (Å²) in [6, 6.07) is 0. The van der Waals surface area contributed by atoms with Crippen LogP contribution in [-0.4, -0.2) is 6.29 Å². The summed E-state index contributed by atoms with van der Waals surface area (Å²) in [5.41, 5.74) is 0.00887. The van der Waals surface area contributed by atoms with Crippen molar-refractivity contribution in [3.8, 4) is 0 Å². The van der Waals surface area contributed by atoms with Gasteiger partial charge in [0.2, 0.25) is 0 Å². The van der Waals surface area contributed by atoms with E-state index in [1.54, 1.807) is 0 Å². The normalized spacial score (nSPS) is 38.0. The van der Waals surface area contributed by atoms with E-state index in [1.165, 1.54) is 6.42 Å². The first-order valence-corrected chi connectivity index (χ1v) is 4.54. The van der Waals surface area contributed by atoms with Crippen molar-refractivity contribution in [3.63, 3.8) is 0 Å². The van der Waals surface area contributed by atoms with Gasteiger partial charge in [0.05, 0.1) is 0 Å². The van der Waals surface area contributed by atoms with Gasteiger partial charge in [-0.15, -0.1) is 0 Å². The third-order valence-electron chi connectivity index (χ3n) is 3.04. The number of carbonyl (C=O) groups is 1. The molecule has 0 unspecified atom stereocenters. The van der Waals surface area contributed by atoms with Crippen LogP contribution in [0.25, 0.3) is 0 Å². The molecule has 0 heterocycles. The Morgan fingerprint density at radius 2 is 2.18 bits per heavy atom. The Kier molecular flexibility index (Phi) is 2.36. The minimum absolute atomic E-state index is 0.00887. The highest BCUT2D eigenvalue weighted by atomic mass is 16.1. The second-order valence-corrected chi connectivity index (χ2v) is 4.52. The lowest BCUT2D eigenvalue weighted by atomic mass is 9.87. The number of hydrogen-bond donors (Lipinski definition) is 0. The Hall–Kier alpha value is -0.330. The Labute approximate surface area is 69.2 Å². The molecule has 0 saturated heterocycles. The zero-order valence-electron chi connectivity index (χ0n) is 7.76. The topological polar surface area (TPSA) is 17.1 Å². The number of hydrogen-bond acceptors (Lipinski definition) is 1. The van der Waals surface area contributed by atoms with Gasteiger partial charge in [-0.25, -0.2) is 0 Å². The molecule has 1 heteroatoms. The summed E-state index contributed by atoms with van der Waals surface area (Å²) in [6.07, 6.45) is 4.59. The van der Waals surface area contributed by atoms with Crippen molar-refractivity contribution < 1.29 is 4.79 Å². The van der Waals surface area contributed by atoms with Crippen LogP contribution in [-0.2, 0) is 4.79 Å². The van der Waals surface area contributed by atoms with Gasteiger partial charge in [0.15, 0.2) is 0 Å². The molecule has 1 nitrogen and oxygen atoms in total. The zero-order chi connectivity index (χ0) is 8.48. The third kappa shape index (κ3) is 1.82. The third-order valence-corrected chi connectivity index (χ3v) is 3.04. The average molecular weight is 154 g/mol. The Bertz CT molecular complexity index is 151. The van der Waals surface area contributed by atoms with Crippen molar-refractivity contribution >= 4 is 6.29 Å². The van der Waals surface area contributed by atoms with Gasteiger partial charge >= 0.3 is 0 Å². The second-order valence-electron chi connectivity index (χ2n) is 4.52. The predicted molar refractivity (Wildman–Crippen MR) is 46.4 cm³/mol. The van der Waals surface area contributed by atoms with Gasteiger partial charge in [0.1, 0.15) is 6.29 Å². The Morgan fingerprint density at radius 3 is 2.45 bits per heavy atom. The molecule has 1 rings (SSSR count). The van der Waals surface area contributed by atoms with Crippen molar-refractivity contribution in [2.75, 3.05) is 0 Å². The summed E-state index contributed by atoms with van der Waals surface area (Å²) >= 11 is 0. The highest BCUT2D eigenvalue weighted by Gasteiger charge is 2.35. The van der Waals surface area contributed by atoms with Crippen molar-refractivity contribution in [2.45, 2.75) is 40.0 Å². The van der Waals surface area contributed by atoms with Gasteiger partial charge in [-0.05, 0) is 31.1 Å². The number of carbonyl (C=O) groups excluding carboxylic acids is 1. The first kappa shape index (κ1) is 8.76. The molecule has 11 heavy (non-hydrogen) atoms. The first-order valence-electron chi connectivity index (χ1n) is 4.54. The van der Waals surface area contributed by atoms with Gasteiger partial charge in [-0.3, -0.25) is 0 Å². The van der Waals surface area contributed by atoms with Crippen LogP contribution in [0.15, 0.2) is 0 Å². The molecule has 1 fully saturated rings. The van der Waals surface area contributed by atoms with E-state index >= 15 is 0 Å². The van der Waals surface area contributed by atoms with Crippen LogP contribution in [0.4, 0.5) is 0 Å². The lowest BCUT2D eigenvalue weighted by molar-refractivity contribution is -0.115. The lowest BCUT2D eigenvalue weighted by Crippen LogP contribution is -2.14. The van der Waals surface area contributed by atoms with Crippen LogP contribution in [0, 0.1) is 17.3 Å². The fraction of sp³-hybridized carbons (Fsp3) is 0.900. The maximum Gasteiger partial charge on any atom is 0.125 e. The molecular formula is C10H18O. The average Bonchev–Trinajstić information content (AvgIpc) is 2.33. The van der Waals surface area contributed by atoms with E-state index in [0.29, 0.717) is 0 Å². The largest absolute Gasteiger partial charge is 0.303 e. The van der Waals surface area contributed by atoms with Gasteiger partial charge in [-0.2, -0.15) is 0 Å². The number of aldehydes is 1. The molecule has 0 N–H and O–H groups in total. The maximum absolute atomic E-state index is 10.7. The molecule has 0 spiro atoms. The minimum Gasteiger partial charge on any atom is -0.303 e. The summed E-state index contributed by atoms with van der Waals surface area (Å²) in [6.45, 7) is 6.59. The minimum atomic E-state index is 0.00887. The molecule has 1 aliphatic rings. The molecule has 0 amide bonds. The van der Waals surface area contributed by atoms with Gasteiger partial charge in [0, 0.05) is 5.41 Å². The molecule has 0 aromatic carbocycles. The molecule has 2 atom stereocenters.